The molecule has 108 valence electrons. The van der Waals surface area contributed by atoms with Crippen molar-refractivity contribution in [3.05, 3.63) is 0 Å². The van der Waals surface area contributed by atoms with Gasteiger partial charge in [0.1, 0.15) is 0 Å². The van der Waals surface area contributed by atoms with Gasteiger partial charge in [0.05, 0.1) is 6.61 Å². The monoisotopic (exact) mass is 256 g/mol. The minimum atomic E-state index is -0.0361. The summed E-state index contributed by atoms with van der Waals surface area (Å²) in [5.41, 5.74) is 0.192. The van der Waals surface area contributed by atoms with Crippen molar-refractivity contribution in [2.24, 2.45) is 11.3 Å². The number of hydrogen-bond acceptors (Lipinski definition) is 2. The van der Waals surface area contributed by atoms with E-state index in [4.69, 9.17) is 4.74 Å². The molecule has 0 N–H and O–H groups in total. The zero-order valence-electron chi connectivity index (χ0n) is 13.1. The van der Waals surface area contributed by atoms with Crippen LogP contribution in [-0.4, -0.2) is 12.6 Å². The molecule has 0 heterocycles. The van der Waals surface area contributed by atoms with E-state index in [1.807, 2.05) is 6.92 Å². The molecule has 1 atom stereocenters. The van der Waals surface area contributed by atoms with Crippen LogP contribution in [0.15, 0.2) is 0 Å². The van der Waals surface area contributed by atoms with Crippen LogP contribution in [-0.2, 0) is 9.53 Å². The lowest BCUT2D eigenvalue weighted by atomic mass is 9.76. The van der Waals surface area contributed by atoms with Crippen LogP contribution in [0.5, 0.6) is 0 Å². The molecule has 0 fully saturated rings. The van der Waals surface area contributed by atoms with E-state index in [0.717, 1.165) is 6.42 Å². The van der Waals surface area contributed by atoms with Gasteiger partial charge in [0.2, 0.25) is 0 Å². The minimum Gasteiger partial charge on any atom is -0.466 e. The third-order valence-electron chi connectivity index (χ3n) is 3.60. The van der Waals surface area contributed by atoms with E-state index >= 15 is 0 Å². The van der Waals surface area contributed by atoms with Crippen molar-refractivity contribution < 1.29 is 9.53 Å². The van der Waals surface area contributed by atoms with Crippen LogP contribution in [0.2, 0.25) is 0 Å². The first-order valence-corrected chi connectivity index (χ1v) is 7.57. The van der Waals surface area contributed by atoms with Crippen LogP contribution >= 0.6 is 0 Å². The lowest BCUT2D eigenvalue weighted by Crippen LogP contribution is -2.24. The second kappa shape index (κ2) is 9.41. The molecule has 2 heteroatoms. The predicted molar refractivity (Wildman–Crippen MR) is 77.6 cm³/mol. The summed E-state index contributed by atoms with van der Waals surface area (Å²) < 4.78 is 5.07. The van der Waals surface area contributed by atoms with Crippen molar-refractivity contribution in [1.29, 1.82) is 0 Å². The summed E-state index contributed by atoms with van der Waals surface area (Å²) in [6.45, 7) is 11.3. The van der Waals surface area contributed by atoms with Crippen LogP contribution in [0.4, 0.5) is 0 Å². The van der Waals surface area contributed by atoms with E-state index in [1.54, 1.807) is 0 Å². The summed E-state index contributed by atoms with van der Waals surface area (Å²) in [7, 11) is 0. The Kier molecular flexibility index (Phi) is 9.13. The van der Waals surface area contributed by atoms with E-state index in [0.29, 0.717) is 18.9 Å². The van der Waals surface area contributed by atoms with Crippen LogP contribution in [0.3, 0.4) is 0 Å². The van der Waals surface area contributed by atoms with Crippen molar-refractivity contribution in [2.75, 3.05) is 6.61 Å². The average Bonchev–Trinajstić information content (AvgIpc) is 2.26. The van der Waals surface area contributed by atoms with E-state index < -0.39 is 0 Å². The highest BCUT2D eigenvalue weighted by Crippen LogP contribution is 2.33. The van der Waals surface area contributed by atoms with Gasteiger partial charge in [-0.2, -0.15) is 0 Å². The van der Waals surface area contributed by atoms with Crippen molar-refractivity contribution in [3.8, 4) is 0 Å². The Bertz CT molecular complexity index is 216. The third kappa shape index (κ3) is 8.54. The molecule has 0 aromatic rings. The Balaban J connectivity index is 4.05. The number of ether oxygens (including phenoxy) is 1. The Morgan fingerprint density at radius 3 is 2.17 bits per heavy atom. The van der Waals surface area contributed by atoms with Crippen molar-refractivity contribution >= 4 is 5.97 Å². The average molecular weight is 256 g/mol. The number of unbranched alkanes of at least 4 members (excludes halogenated alkanes) is 4. The molecule has 0 amide bonds. The van der Waals surface area contributed by atoms with Crippen LogP contribution in [0, 0.1) is 11.3 Å². The predicted octanol–water partition coefficient (Wildman–Crippen LogP) is 4.96. The normalized spacial score (nSPS) is 13.4. The first-order chi connectivity index (χ1) is 8.41. The molecule has 0 saturated carbocycles. The molecule has 2 nitrogen and oxygen atoms in total. The van der Waals surface area contributed by atoms with Crippen molar-refractivity contribution in [3.63, 3.8) is 0 Å². The van der Waals surface area contributed by atoms with Gasteiger partial charge in [-0.3, -0.25) is 4.79 Å². The van der Waals surface area contributed by atoms with E-state index in [-0.39, 0.29) is 11.4 Å². The maximum atomic E-state index is 11.6. The summed E-state index contributed by atoms with van der Waals surface area (Å²) >= 11 is 0. The Labute approximate surface area is 113 Å². The quantitative estimate of drug-likeness (QED) is 0.430. The fourth-order valence-electron chi connectivity index (χ4n) is 2.26. The molecule has 0 radical (unpaired) electrons. The molecule has 0 rings (SSSR count). The third-order valence-corrected chi connectivity index (χ3v) is 3.60. The molecule has 18 heavy (non-hydrogen) atoms. The summed E-state index contributed by atoms with van der Waals surface area (Å²) in [5, 5.41) is 0. The summed E-state index contributed by atoms with van der Waals surface area (Å²) in [5.74, 6) is 0.407. The van der Waals surface area contributed by atoms with Gasteiger partial charge in [-0.25, -0.2) is 0 Å². The summed E-state index contributed by atoms with van der Waals surface area (Å²) in [6, 6.07) is 0. The van der Waals surface area contributed by atoms with Crippen LogP contribution < -0.4 is 0 Å². The molecule has 0 aliphatic rings. The topological polar surface area (TPSA) is 26.3 Å². The largest absolute Gasteiger partial charge is 0.466 e. The Morgan fingerprint density at radius 1 is 1.06 bits per heavy atom. The lowest BCUT2D eigenvalue weighted by molar-refractivity contribution is -0.145. The van der Waals surface area contributed by atoms with Gasteiger partial charge in [-0.1, -0.05) is 59.8 Å². The van der Waals surface area contributed by atoms with E-state index in [9.17, 15) is 4.79 Å². The lowest BCUT2D eigenvalue weighted by Gasteiger charge is -2.30. The van der Waals surface area contributed by atoms with Crippen LogP contribution in [0.1, 0.15) is 79.6 Å². The van der Waals surface area contributed by atoms with Crippen molar-refractivity contribution in [1.82, 2.24) is 0 Å². The maximum Gasteiger partial charge on any atom is 0.306 e. The van der Waals surface area contributed by atoms with Gasteiger partial charge in [0.25, 0.3) is 0 Å². The smallest absolute Gasteiger partial charge is 0.306 e. The highest BCUT2D eigenvalue weighted by molar-refractivity contribution is 5.69. The first kappa shape index (κ1) is 17.5. The molecule has 0 aromatic carbocycles. The number of carbonyl (C=O) groups excluding carboxylic acids is 1. The fraction of sp³-hybridized carbons (Fsp3) is 0.938. The molecule has 0 spiro atoms. The fourth-order valence-corrected chi connectivity index (χ4v) is 2.26. The molecule has 0 aliphatic heterocycles. The molecule has 0 bridgehead atoms. The highest BCUT2D eigenvalue weighted by Gasteiger charge is 2.26. The molecule has 0 aliphatic carbocycles. The molecule has 0 saturated heterocycles. The number of hydrogen-bond donors (Lipinski definition) is 0. The molecule has 1 unspecified atom stereocenters. The van der Waals surface area contributed by atoms with Gasteiger partial charge in [0.15, 0.2) is 0 Å². The van der Waals surface area contributed by atoms with E-state index in [1.165, 1.54) is 32.1 Å². The zero-order chi connectivity index (χ0) is 14.0. The van der Waals surface area contributed by atoms with Crippen molar-refractivity contribution in [2.45, 2.75) is 79.6 Å². The Hall–Kier alpha value is -0.530. The molecular weight excluding hydrogens is 224 g/mol. The molecule has 0 aromatic heterocycles. The standard InChI is InChI=1S/C16H32O2/c1-6-8-9-10-11-12-14(16(3,4)5)13-15(17)18-7-2/h14H,6-13H2,1-5H3. The van der Waals surface area contributed by atoms with Crippen LogP contribution in [0.25, 0.3) is 0 Å². The van der Waals surface area contributed by atoms with Gasteiger partial charge in [-0.05, 0) is 24.7 Å². The van der Waals surface area contributed by atoms with Gasteiger partial charge in [0, 0.05) is 6.42 Å². The SMILES string of the molecule is CCCCCCCC(CC(=O)OCC)C(C)(C)C. The molecular formula is C16H32O2. The van der Waals surface area contributed by atoms with Gasteiger partial charge < -0.3 is 4.74 Å². The Morgan fingerprint density at radius 2 is 1.67 bits per heavy atom. The van der Waals surface area contributed by atoms with Gasteiger partial charge >= 0.3 is 5.97 Å². The highest BCUT2D eigenvalue weighted by atomic mass is 16.5. The number of rotatable bonds is 9. The maximum absolute atomic E-state index is 11.6. The number of carbonyl (C=O) groups is 1. The summed E-state index contributed by atoms with van der Waals surface area (Å²) in [4.78, 5) is 11.6. The second-order valence-corrected chi connectivity index (χ2v) is 6.27. The zero-order valence-corrected chi connectivity index (χ0v) is 13.1. The van der Waals surface area contributed by atoms with Gasteiger partial charge in [-0.15, -0.1) is 0 Å². The minimum absolute atomic E-state index is 0.0361. The summed E-state index contributed by atoms with van der Waals surface area (Å²) in [6.07, 6.45) is 8.19. The second-order valence-electron chi connectivity index (χ2n) is 6.27. The number of esters is 1. The first-order valence-electron chi connectivity index (χ1n) is 7.57. The van der Waals surface area contributed by atoms with E-state index in [2.05, 4.69) is 27.7 Å².